The average Bonchev–Trinajstić information content (AvgIpc) is 2.38. The Balaban J connectivity index is 1.93. The molecule has 2 fully saturated rings. The van der Waals surface area contributed by atoms with Gasteiger partial charge in [-0.1, -0.05) is 6.92 Å². The molecule has 4 heteroatoms. The van der Waals surface area contributed by atoms with Gasteiger partial charge in [-0.25, -0.2) is 4.79 Å². The Bertz CT molecular complexity index is 298. The summed E-state index contributed by atoms with van der Waals surface area (Å²) < 4.78 is 5.30. The van der Waals surface area contributed by atoms with Gasteiger partial charge in [0.25, 0.3) is 0 Å². The van der Waals surface area contributed by atoms with E-state index in [9.17, 15) is 4.79 Å². The first-order valence-corrected chi connectivity index (χ1v) is 6.04. The van der Waals surface area contributed by atoms with Gasteiger partial charge in [0.1, 0.15) is 5.60 Å². The molecule has 2 rings (SSSR count). The SMILES string of the molecule is C[C@H]1C[C@@]2(NC(=O)OC(C)(C)C)CNCC12. The zero-order chi connectivity index (χ0) is 12.0. The molecule has 1 amide bonds. The molecular formula is C12H22N2O2. The second-order valence-corrected chi connectivity index (χ2v) is 6.20. The van der Waals surface area contributed by atoms with E-state index in [1.165, 1.54) is 0 Å². The van der Waals surface area contributed by atoms with E-state index >= 15 is 0 Å². The van der Waals surface area contributed by atoms with Crippen molar-refractivity contribution in [2.75, 3.05) is 13.1 Å². The van der Waals surface area contributed by atoms with E-state index in [1.807, 2.05) is 20.8 Å². The molecular weight excluding hydrogens is 204 g/mol. The fraction of sp³-hybridized carbons (Fsp3) is 0.917. The Labute approximate surface area is 97.1 Å². The first-order valence-electron chi connectivity index (χ1n) is 6.04. The molecule has 0 aromatic heterocycles. The summed E-state index contributed by atoms with van der Waals surface area (Å²) in [7, 11) is 0. The molecule has 1 aliphatic carbocycles. The highest BCUT2D eigenvalue weighted by molar-refractivity contribution is 5.69. The molecule has 2 N–H and O–H groups in total. The Morgan fingerprint density at radius 1 is 1.50 bits per heavy atom. The van der Waals surface area contributed by atoms with Crippen LogP contribution in [0.4, 0.5) is 4.79 Å². The third-order valence-electron chi connectivity index (χ3n) is 3.64. The molecule has 1 heterocycles. The van der Waals surface area contributed by atoms with Crippen LogP contribution in [0.3, 0.4) is 0 Å². The summed E-state index contributed by atoms with van der Waals surface area (Å²) in [4.78, 5) is 11.7. The molecule has 1 aliphatic heterocycles. The molecule has 0 aromatic carbocycles. The topological polar surface area (TPSA) is 50.4 Å². The number of nitrogens with one attached hydrogen (secondary N) is 2. The lowest BCUT2D eigenvalue weighted by Gasteiger charge is -2.49. The van der Waals surface area contributed by atoms with Gasteiger partial charge in [0, 0.05) is 13.1 Å². The average molecular weight is 226 g/mol. The second kappa shape index (κ2) is 3.62. The summed E-state index contributed by atoms with van der Waals surface area (Å²) in [5.41, 5.74) is -0.459. The molecule has 0 aromatic rings. The number of amides is 1. The Morgan fingerprint density at radius 2 is 2.19 bits per heavy atom. The van der Waals surface area contributed by atoms with Gasteiger partial charge in [0.05, 0.1) is 5.54 Å². The molecule has 16 heavy (non-hydrogen) atoms. The molecule has 0 bridgehead atoms. The van der Waals surface area contributed by atoms with E-state index in [0.29, 0.717) is 11.8 Å². The third kappa shape index (κ3) is 2.03. The van der Waals surface area contributed by atoms with Crippen molar-refractivity contribution in [2.24, 2.45) is 11.8 Å². The predicted octanol–water partition coefficient (Wildman–Crippen LogP) is 1.51. The van der Waals surface area contributed by atoms with Crippen LogP contribution in [0.1, 0.15) is 34.1 Å². The van der Waals surface area contributed by atoms with Gasteiger partial charge in [-0.05, 0) is 39.0 Å². The molecule has 4 nitrogen and oxygen atoms in total. The van der Waals surface area contributed by atoms with Gasteiger partial charge >= 0.3 is 6.09 Å². The number of fused-ring (bicyclic) bond motifs is 1. The largest absolute Gasteiger partial charge is 0.444 e. The van der Waals surface area contributed by atoms with E-state index < -0.39 is 5.60 Å². The van der Waals surface area contributed by atoms with Gasteiger partial charge in [-0.15, -0.1) is 0 Å². The van der Waals surface area contributed by atoms with E-state index in [4.69, 9.17) is 4.74 Å². The van der Waals surface area contributed by atoms with E-state index in [0.717, 1.165) is 19.5 Å². The first kappa shape index (κ1) is 11.7. The fourth-order valence-corrected chi connectivity index (χ4v) is 3.00. The molecule has 1 saturated heterocycles. The number of carbonyl (C=O) groups excluding carboxylic acids is 1. The van der Waals surface area contributed by atoms with Crippen LogP contribution in [0.5, 0.6) is 0 Å². The Hall–Kier alpha value is -0.770. The van der Waals surface area contributed by atoms with E-state index in [2.05, 4.69) is 17.6 Å². The zero-order valence-corrected chi connectivity index (χ0v) is 10.6. The monoisotopic (exact) mass is 226 g/mol. The Morgan fingerprint density at radius 3 is 2.75 bits per heavy atom. The smallest absolute Gasteiger partial charge is 0.408 e. The first-order chi connectivity index (χ1) is 7.32. The highest BCUT2D eigenvalue weighted by Crippen LogP contribution is 2.46. The minimum atomic E-state index is -0.419. The molecule has 0 radical (unpaired) electrons. The van der Waals surface area contributed by atoms with Crippen molar-refractivity contribution in [3.63, 3.8) is 0 Å². The number of alkyl carbamates (subject to hydrolysis) is 1. The molecule has 1 saturated carbocycles. The Kier molecular flexibility index (Phi) is 2.65. The summed E-state index contributed by atoms with van der Waals surface area (Å²) in [5, 5.41) is 6.41. The lowest BCUT2D eigenvalue weighted by Crippen LogP contribution is -2.64. The maximum atomic E-state index is 11.7. The third-order valence-corrected chi connectivity index (χ3v) is 3.64. The number of ether oxygens (including phenoxy) is 1. The van der Waals surface area contributed by atoms with Crippen molar-refractivity contribution in [3.05, 3.63) is 0 Å². The van der Waals surface area contributed by atoms with Crippen molar-refractivity contribution >= 4 is 6.09 Å². The van der Waals surface area contributed by atoms with Crippen molar-refractivity contribution in [1.82, 2.24) is 10.6 Å². The van der Waals surface area contributed by atoms with E-state index in [1.54, 1.807) is 0 Å². The van der Waals surface area contributed by atoms with Crippen LogP contribution in [0.15, 0.2) is 0 Å². The minimum absolute atomic E-state index is 0.0399. The van der Waals surface area contributed by atoms with Crippen molar-refractivity contribution in [3.8, 4) is 0 Å². The number of hydrogen-bond acceptors (Lipinski definition) is 3. The van der Waals surface area contributed by atoms with Gasteiger partial charge in [-0.3, -0.25) is 0 Å². The quantitative estimate of drug-likeness (QED) is 0.712. The number of carbonyl (C=O) groups is 1. The van der Waals surface area contributed by atoms with Crippen molar-refractivity contribution < 1.29 is 9.53 Å². The molecule has 92 valence electrons. The predicted molar refractivity (Wildman–Crippen MR) is 62.2 cm³/mol. The summed E-state index contributed by atoms with van der Waals surface area (Å²) in [5.74, 6) is 1.27. The summed E-state index contributed by atoms with van der Waals surface area (Å²) in [6.45, 7) is 9.79. The van der Waals surface area contributed by atoms with Crippen LogP contribution in [0, 0.1) is 11.8 Å². The van der Waals surface area contributed by atoms with Crippen LogP contribution < -0.4 is 10.6 Å². The highest BCUT2D eigenvalue weighted by atomic mass is 16.6. The van der Waals surface area contributed by atoms with Gasteiger partial charge in [0.15, 0.2) is 0 Å². The van der Waals surface area contributed by atoms with Gasteiger partial charge < -0.3 is 15.4 Å². The lowest BCUT2D eigenvalue weighted by atomic mass is 9.62. The van der Waals surface area contributed by atoms with Crippen LogP contribution in [-0.4, -0.2) is 30.3 Å². The summed E-state index contributed by atoms with van der Waals surface area (Å²) in [6.07, 6.45) is 0.775. The fourth-order valence-electron chi connectivity index (χ4n) is 3.00. The maximum Gasteiger partial charge on any atom is 0.408 e. The minimum Gasteiger partial charge on any atom is -0.444 e. The standard InChI is InChI=1S/C12H22N2O2/c1-8-5-12(7-13-6-9(8)12)14-10(15)16-11(2,3)4/h8-9,13H,5-7H2,1-4H3,(H,14,15)/t8-,9?,12+/m0/s1. The van der Waals surface area contributed by atoms with Gasteiger partial charge in [0.2, 0.25) is 0 Å². The second-order valence-electron chi connectivity index (χ2n) is 6.20. The van der Waals surface area contributed by atoms with Crippen LogP contribution in [-0.2, 0) is 4.74 Å². The van der Waals surface area contributed by atoms with Crippen LogP contribution in [0.25, 0.3) is 0 Å². The molecule has 3 atom stereocenters. The maximum absolute atomic E-state index is 11.7. The normalized spacial score (nSPS) is 37.5. The zero-order valence-electron chi connectivity index (χ0n) is 10.6. The number of rotatable bonds is 1. The van der Waals surface area contributed by atoms with Crippen LogP contribution >= 0.6 is 0 Å². The van der Waals surface area contributed by atoms with Crippen molar-refractivity contribution in [2.45, 2.75) is 45.3 Å². The van der Waals surface area contributed by atoms with Crippen LogP contribution in [0.2, 0.25) is 0 Å². The van der Waals surface area contributed by atoms with Gasteiger partial charge in [-0.2, -0.15) is 0 Å². The van der Waals surface area contributed by atoms with Crippen molar-refractivity contribution in [1.29, 1.82) is 0 Å². The highest BCUT2D eigenvalue weighted by Gasteiger charge is 2.55. The summed E-state index contributed by atoms with van der Waals surface area (Å²) >= 11 is 0. The molecule has 2 aliphatic rings. The summed E-state index contributed by atoms with van der Waals surface area (Å²) in [6, 6.07) is 0. The lowest BCUT2D eigenvalue weighted by molar-refractivity contribution is 0.0176. The van der Waals surface area contributed by atoms with E-state index in [-0.39, 0.29) is 11.6 Å². The molecule has 1 unspecified atom stereocenters. The number of hydrogen-bond donors (Lipinski definition) is 2. The molecule has 0 spiro atoms.